The molecule has 10 nitrogen and oxygen atoms in total. The van der Waals surface area contributed by atoms with Crippen molar-refractivity contribution in [2.24, 2.45) is 0 Å². The van der Waals surface area contributed by atoms with E-state index >= 15 is 4.39 Å². The van der Waals surface area contributed by atoms with Crippen LogP contribution >= 0.6 is 22.9 Å². The minimum absolute atomic E-state index is 0.00853. The van der Waals surface area contributed by atoms with Gasteiger partial charge in [0, 0.05) is 41.0 Å². The van der Waals surface area contributed by atoms with E-state index in [9.17, 15) is 14.4 Å². The fourth-order valence-corrected chi connectivity index (χ4v) is 4.92. The number of aromatic nitrogens is 5. The van der Waals surface area contributed by atoms with E-state index in [4.69, 9.17) is 16.3 Å². The summed E-state index contributed by atoms with van der Waals surface area (Å²) in [6.45, 7) is -0.220. The predicted octanol–water partition coefficient (Wildman–Crippen LogP) is 4.55. The average molecular weight is 579 g/mol. The molecule has 0 amide bonds. The molecule has 0 aliphatic carbocycles. The zero-order chi connectivity index (χ0) is 28.2. The summed E-state index contributed by atoms with van der Waals surface area (Å²) in [5.41, 5.74) is -0.210. The first-order valence-electron chi connectivity index (χ1n) is 11.8. The number of carbonyl (C=O) groups is 2. The summed E-state index contributed by atoms with van der Waals surface area (Å²) in [5, 5.41) is 7.56. The number of anilines is 1. The van der Waals surface area contributed by atoms with Crippen molar-refractivity contribution in [3.8, 4) is 17.0 Å². The van der Waals surface area contributed by atoms with Gasteiger partial charge in [-0.2, -0.15) is 14.2 Å². The Morgan fingerprint density at radius 3 is 2.65 bits per heavy atom. The van der Waals surface area contributed by atoms with E-state index in [1.165, 1.54) is 43.1 Å². The summed E-state index contributed by atoms with van der Waals surface area (Å²) >= 11 is 7.41. The summed E-state index contributed by atoms with van der Waals surface area (Å²) < 4.78 is 22.9. The van der Waals surface area contributed by atoms with Gasteiger partial charge in [0.25, 0.3) is 11.5 Å². The highest BCUT2D eigenvalue weighted by Gasteiger charge is 2.22. The van der Waals surface area contributed by atoms with Crippen molar-refractivity contribution in [1.29, 1.82) is 0 Å². The smallest absolute Gasteiger partial charge is 0.283 e. The zero-order valence-corrected chi connectivity index (χ0v) is 22.4. The lowest BCUT2D eigenvalue weighted by Crippen LogP contribution is -2.27. The van der Waals surface area contributed by atoms with Gasteiger partial charge in [0.05, 0.1) is 42.0 Å². The monoisotopic (exact) mass is 578 g/mol. The Labute approximate surface area is 235 Å². The number of carbonyl (C=O) groups excluding carboxylic acids is 2. The van der Waals surface area contributed by atoms with Crippen molar-refractivity contribution >= 4 is 40.4 Å². The fourth-order valence-electron chi connectivity index (χ4n) is 3.90. The van der Waals surface area contributed by atoms with E-state index in [1.807, 2.05) is 6.07 Å². The molecule has 0 radical (unpaired) electrons. The number of methoxy groups -OCH3 is 1. The Kier molecular flexibility index (Phi) is 7.80. The maximum Gasteiger partial charge on any atom is 0.283 e. The van der Waals surface area contributed by atoms with Crippen LogP contribution in [0.15, 0.2) is 78.0 Å². The third-order valence-corrected chi connectivity index (χ3v) is 7.07. The highest BCUT2D eigenvalue weighted by molar-refractivity contribution is 7.16. The van der Waals surface area contributed by atoms with Crippen molar-refractivity contribution in [2.75, 3.05) is 12.4 Å². The number of halogens is 2. The minimum Gasteiger partial charge on any atom is -0.496 e. The van der Waals surface area contributed by atoms with Gasteiger partial charge in [-0.05, 0) is 24.3 Å². The number of ketones is 1. The van der Waals surface area contributed by atoms with Gasteiger partial charge in [-0.3, -0.25) is 23.9 Å². The largest absolute Gasteiger partial charge is 0.496 e. The molecule has 0 saturated carbocycles. The lowest BCUT2D eigenvalue weighted by atomic mass is 10.2. The molecule has 1 aromatic carbocycles. The average Bonchev–Trinajstić information content (AvgIpc) is 3.59. The maximum atomic E-state index is 15.1. The first kappa shape index (κ1) is 26.9. The normalized spacial score (nSPS) is 10.9. The van der Waals surface area contributed by atoms with E-state index in [0.29, 0.717) is 27.0 Å². The number of nitrogens with one attached hydrogen (secondary N) is 1. The fraction of sp³-hybridized carbons (Fsp3) is 0.111. The number of thiophene rings is 1. The standard InChI is InChI=1S/C27H20ClFN6O4S/c1-39-22-5-3-2-4-18(22)27(38)35-25(32-13-17-6-7-23(28)40-17)12-19(33-35)16-10-24(29)34(26(37)11-16)15-21(36)20-14-30-8-9-31-20/h2-12,14,32H,13,15H2,1H3. The number of para-hydroxylation sites is 1. The highest BCUT2D eigenvalue weighted by atomic mass is 35.5. The van der Waals surface area contributed by atoms with Gasteiger partial charge in [-0.15, -0.1) is 11.3 Å². The van der Waals surface area contributed by atoms with Crippen LogP contribution in [-0.4, -0.2) is 43.1 Å². The molecule has 0 saturated heterocycles. The summed E-state index contributed by atoms with van der Waals surface area (Å²) in [5.74, 6) is -1.37. The molecule has 5 rings (SSSR count). The highest BCUT2D eigenvalue weighted by Crippen LogP contribution is 2.27. The van der Waals surface area contributed by atoms with Crippen LogP contribution < -0.4 is 15.6 Å². The van der Waals surface area contributed by atoms with Crippen molar-refractivity contribution in [1.82, 2.24) is 24.3 Å². The molecule has 4 aromatic heterocycles. The third-order valence-electron chi connectivity index (χ3n) is 5.84. The number of Topliss-reactive ketones (excluding diaryl/α,β-unsaturated/α-hetero) is 1. The molecule has 13 heteroatoms. The second-order valence-corrected chi connectivity index (χ2v) is 10.2. The number of benzene rings is 1. The number of rotatable bonds is 9. The molecule has 0 unspecified atom stereocenters. The molecule has 0 aliphatic heterocycles. The molecule has 40 heavy (non-hydrogen) atoms. The molecule has 0 fully saturated rings. The van der Waals surface area contributed by atoms with Crippen molar-refractivity contribution < 1.29 is 18.7 Å². The Morgan fingerprint density at radius 1 is 1.12 bits per heavy atom. The maximum absolute atomic E-state index is 15.1. The number of nitrogens with zero attached hydrogens (tertiary/aromatic N) is 5. The molecular formula is C27H20ClFN6O4S. The topological polar surface area (TPSA) is 121 Å². The van der Waals surface area contributed by atoms with Crippen LogP contribution in [0, 0.1) is 5.95 Å². The van der Waals surface area contributed by atoms with Gasteiger partial charge < -0.3 is 10.1 Å². The molecule has 0 spiro atoms. The van der Waals surface area contributed by atoms with Crippen LogP contribution in [0.3, 0.4) is 0 Å². The Morgan fingerprint density at radius 2 is 1.95 bits per heavy atom. The SMILES string of the molecule is COc1ccccc1C(=O)n1nc(-c2cc(F)n(CC(=O)c3cnccn3)c(=O)c2)cc1NCc1ccc(Cl)s1. The van der Waals surface area contributed by atoms with Crippen molar-refractivity contribution in [3.63, 3.8) is 0 Å². The molecular weight excluding hydrogens is 559 g/mol. The number of pyridine rings is 1. The van der Waals surface area contributed by atoms with Crippen LogP contribution in [0.5, 0.6) is 5.75 Å². The Balaban J connectivity index is 1.50. The van der Waals surface area contributed by atoms with Gasteiger partial charge in [-0.1, -0.05) is 23.7 Å². The van der Waals surface area contributed by atoms with Crippen LogP contribution in [0.2, 0.25) is 4.34 Å². The second-order valence-electron chi connectivity index (χ2n) is 8.40. The molecule has 202 valence electrons. The van der Waals surface area contributed by atoms with Crippen LogP contribution in [0.4, 0.5) is 10.2 Å². The first-order valence-corrected chi connectivity index (χ1v) is 13.0. The van der Waals surface area contributed by atoms with Gasteiger partial charge >= 0.3 is 0 Å². The van der Waals surface area contributed by atoms with E-state index in [2.05, 4.69) is 20.4 Å². The van der Waals surface area contributed by atoms with Crippen LogP contribution in [-0.2, 0) is 13.1 Å². The first-order chi connectivity index (χ1) is 19.3. The van der Waals surface area contributed by atoms with Crippen molar-refractivity contribution in [2.45, 2.75) is 13.1 Å². The lowest BCUT2D eigenvalue weighted by molar-refractivity contribution is 0.0941. The predicted molar refractivity (Wildman–Crippen MR) is 148 cm³/mol. The lowest BCUT2D eigenvalue weighted by Gasteiger charge is -2.10. The third kappa shape index (κ3) is 5.67. The quantitative estimate of drug-likeness (QED) is 0.200. The summed E-state index contributed by atoms with van der Waals surface area (Å²) in [4.78, 5) is 47.4. The van der Waals surface area contributed by atoms with Gasteiger partial charge in [0.1, 0.15) is 17.3 Å². The van der Waals surface area contributed by atoms with Crippen LogP contribution in [0.1, 0.15) is 25.7 Å². The van der Waals surface area contributed by atoms with Crippen molar-refractivity contribution in [3.05, 3.63) is 110 Å². The van der Waals surface area contributed by atoms with E-state index in [1.54, 1.807) is 30.3 Å². The van der Waals surface area contributed by atoms with E-state index in [0.717, 1.165) is 21.7 Å². The molecule has 0 bridgehead atoms. The summed E-state index contributed by atoms with van der Waals surface area (Å²) in [6.07, 6.45) is 3.97. The van der Waals surface area contributed by atoms with E-state index in [-0.39, 0.29) is 22.5 Å². The number of hydrogen-bond donors (Lipinski definition) is 1. The minimum atomic E-state index is -0.951. The Hall–Kier alpha value is -4.68. The van der Waals surface area contributed by atoms with Crippen LogP contribution in [0.25, 0.3) is 11.3 Å². The summed E-state index contributed by atoms with van der Waals surface area (Å²) in [6, 6.07) is 14.0. The molecule has 4 heterocycles. The molecule has 1 N–H and O–H groups in total. The second kappa shape index (κ2) is 11.6. The molecule has 0 aliphatic rings. The van der Waals surface area contributed by atoms with Gasteiger partial charge in [0.2, 0.25) is 5.78 Å². The zero-order valence-electron chi connectivity index (χ0n) is 20.9. The summed E-state index contributed by atoms with van der Waals surface area (Å²) in [7, 11) is 1.45. The van der Waals surface area contributed by atoms with Gasteiger partial charge in [0.15, 0.2) is 5.95 Å². The molecule has 0 atom stereocenters. The number of ether oxygens (including phenoxy) is 1. The number of hydrogen-bond acceptors (Lipinski definition) is 9. The Bertz CT molecular complexity index is 1770. The van der Waals surface area contributed by atoms with Gasteiger partial charge in [-0.25, -0.2) is 4.98 Å². The van der Waals surface area contributed by atoms with E-state index < -0.39 is 29.7 Å². The molecule has 5 aromatic rings.